The number of aliphatic hydroxyl groups is 1. The summed E-state index contributed by atoms with van der Waals surface area (Å²) in [6.45, 7) is 0. The Kier molecular flexibility index (Phi) is 6.20. The molecule has 0 bridgehead atoms. The third kappa shape index (κ3) is 4.20. The van der Waals surface area contributed by atoms with E-state index in [0.717, 1.165) is 36.3 Å². The van der Waals surface area contributed by atoms with Crippen molar-refractivity contribution >= 4 is 35.0 Å². The van der Waals surface area contributed by atoms with Crippen LogP contribution < -0.4 is 10.2 Å². The van der Waals surface area contributed by atoms with Gasteiger partial charge in [0.1, 0.15) is 0 Å². The highest BCUT2D eigenvalue weighted by molar-refractivity contribution is 6.30. The molecule has 0 unspecified atom stereocenters. The molecule has 10 heteroatoms. The Morgan fingerprint density at radius 2 is 1.61 bits per heavy atom. The number of hydrogen-bond acceptors (Lipinski definition) is 4. The monoisotopic (exact) mass is 416 g/mol. The van der Waals surface area contributed by atoms with E-state index in [2.05, 4.69) is 10.1 Å². The summed E-state index contributed by atoms with van der Waals surface area (Å²) < 4.78 is 43.8. The van der Waals surface area contributed by atoms with Crippen LogP contribution in [-0.2, 0) is 15.1 Å². The molecule has 2 amide bonds. The number of carbonyl (C=O) groups excluding carboxylic acids is 2. The first-order chi connectivity index (χ1) is 13.0. The highest BCUT2D eigenvalue weighted by atomic mass is 35.5. The van der Waals surface area contributed by atoms with Gasteiger partial charge < -0.3 is 15.2 Å². The van der Waals surface area contributed by atoms with Crippen LogP contribution >= 0.6 is 11.6 Å². The SMILES string of the molecule is COC(=O)[C@@](O)(c1ccc(N(C)C(=O)Nc2ccc(Cl)cc2)cc1)C(F)(F)F. The molecule has 0 saturated carbocycles. The number of benzene rings is 2. The summed E-state index contributed by atoms with van der Waals surface area (Å²) in [5.74, 6) is -1.86. The lowest BCUT2D eigenvalue weighted by Crippen LogP contribution is -2.49. The van der Waals surface area contributed by atoms with Gasteiger partial charge >= 0.3 is 18.2 Å². The summed E-state index contributed by atoms with van der Waals surface area (Å²) in [6.07, 6.45) is -5.29. The fourth-order valence-electron chi connectivity index (χ4n) is 2.33. The number of ether oxygens (including phenoxy) is 1. The predicted octanol–water partition coefficient (Wildman–Crippen LogP) is 3.93. The van der Waals surface area contributed by atoms with Gasteiger partial charge in [0.05, 0.1) is 7.11 Å². The van der Waals surface area contributed by atoms with Crippen LogP contribution in [-0.4, -0.2) is 37.4 Å². The maximum Gasteiger partial charge on any atom is 0.432 e. The number of rotatable bonds is 4. The van der Waals surface area contributed by atoms with Gasteiger partial charge in [-0.1, -0.05) is 23.7 Å². The summed E-state index contributed by atoms with van der Waals surface area (Å²) in [5, 5.41) is 13.0. The Labute approximate surface area is 163 Å². The van der Waals surface area contributed by atoms with Crippen LogP contribution in [0.2, 0.25) is 5.02 Å². The van der Waals surface area contributed by atoms with E-state index in [0.29, 0.717) is 10.7 Å². The average Bonchev–Trinajstić information content (AvgIpc) is 2.67. The van der Waals surface area contributed by atoms with Crippen molar-refractivity contribution < 1.29 is 32.6 Å². The third-order valence-corrected chi connectivity index (χ3v) is 4.22. The molecule has 28 heavy (non-hydrogen) atoms. The second-order valence-electron chi connectivity index (χ2n) is 5.74. The molecular weight excluding hydrogens is 401 g/mol. The number of anilines is 2. The van der Waals surface area contributed by atoms with Crippen LogP contribution in [0.1, 0.15) is 5.56 Å². The first kappa shape index (κ1) is 21.5. The zero-order chi connectivity index (χ0) is 21.1. The summed E-state index contributed by atoms with van der Waals surface area (Å²) in [5.41, 5.74) is -3.86. The number of esters is 1. The van der Waals surface area contributed by atoms with Crippen LogP contribution in [0.3, 0.4) is 0 Å². The lowest BCUT2D eigenvalue weighted by Gasteiger charge is -2.28. The van der Waals surface area contributed by atoms with Gasteiger partial charge in [0.25, 0.3) is 5.60 Å². The number of halogens is 4. The molecule has 0 aliphatic rings. The van der Waals surface area contributed by atoms with E-state index in [1.807, 2.05) is 0 Å². The van der Waals surface area contributed by atoms with E-state index in [4.69, 9.17) is 11.6 Å². The first-order valence-corrected chi connectivity index (χ1v) is 8.17. The van der Waals surface area contributed by atoms with E-state index < -0.39 is 29.3 Å². The van der Waals surface area contributed by atoms with Crippen molar-refractivity contribution in [1.29, 1.82) is 0 Å². The maximum absolute atomic E-state index is 13.3. The van der Waals surface area contributed by atoms with Crippen molar-refractivity contribution in [2.75, 3.05) is 24.4 Å². The van der Waals surface area contributed by atoms with E-state index in [1.165, 1.54) is 7.05 Å². The molecule has 2 N–H and O–H groups in total. The quantitative estimate of drug-likeness (QED) is 0.740. The average molecular weight is 417 g/mol. The minimum absolute atomic E-state index is 0.226. The van der Waals surface area contributed by atoms with E-state index in [-0.39, 0.29) is 5.69 Å². The molecule has 2 aromatic carbocycles. The Bertz CT molecular complexity index is 857. The fraction of sp³-hybridized carbons (Fsp3) is 0.222. The van der Waals surface area contributed by atoms with Gasteiger partial charge in [-0.05, 0) is 36.4 Å². The summed E-state index contributed by atoms with van der Waals surface area (Å²) in [7, 11) is 2.14. The molecule has 0 spiro atoms. The number of nitrogens with one attached hydrogen (secondary N) is 1. The molecule has 1 atom stereocenters. The standard InChI is InChI=1S/C18H16ClF3N2O4/c1-24(16(26)23-13-7-5-12(19)6-8-13)14-9-3-11(4-10-14)17(27,15(25)28-2)18(20,21)22/h3-10,27H,1-2H3,(H,23,26)/t17-/m0/s1. The van der Waals surface area contributed by atoms with Gasteiger partial charge in [0, 0.05) is 29.0 Å². The minimum Gasteiger partial charge on any atom is -0.466 e. The number of hydrogen-bond donors (Lipinski definition) is 2. The minimum atomic E-state index is -5.29. The third-order valence-electron chi connectivity index (χ3n) is 3.96. The molecule has 0 aliphatic heterocycles. The van der Waals surface area contributed by atoms with Crippen molar-refractivity contribution in [3.63, 3.8) is 0 Å². The molecular formula is C18H16ClF3N2O4. The van der Waals surface area contributed by atoms with Gasteiger partial charge in [-0.15, -0.1) is 0 Å². The molecule has 2 rings (SSSR count). The van der Waals surface area contributed by atoms with Gasteiger partial charge in [0.15, 0.2) is 0 Å². The fourth-order valence-corrected chi connectivity index (χ4v) is 2.45. The van der Waals surface area contributed by atoms with Crippen LogP contribution in [0.5, 0.6) is 0 Å². The second kappa shape index (κ2) is 8.07. The highest BCUT2D eigenvalue weighted by Gasteiger charge is 2.62. The van der Waals surface area contributed by atoms with Gasteiger partial charge in [0.2, 0.25) is 0 Å². The molecule has 0 aliphatic carbocycles. The molecule has 0 saturated heterocycles. The van der Waals surface area contributed by atoms with Crippen molar-refractivity contribution in [2.45, 2.75) is 11.8 Å². The number of carbonyl (C=O) groups is 2. The number of alkyl halides is 3. The van der Waals surface area contributed by atoms with E-state index in [9.17, 15) is 27.9 Å². The second-order valence-corrected chi connectivity index (χ2v) is 6.18. The molecule has 6 nitrogen and oxygen atoms in total. The lowest BCUT2D eigenvalue weighted by molar-refractivity contribution is -0.266. The van der Waals surface area contributed by atoms with E-state index >= 15 is 0 Å². The Morgan fingerprint density at radius 1 is 1.07 bits per heavy atom. The molecule has 150 valence electrons. The molecule has 2 aromatic rings. The largest absolute Gasteiger partial charge is 0.466 e. The van der Waals surface area contributed by atoms with Crippen LogP contribution in [0.4, 0.5) is 29.3 Å². The number of nitrogens with zero attached hydrogens (tertiary/aromatic N) is 1. The van der Waals surface area contributed by atoms with E-state index in [1.54, 1.807) is 24.3 Å². The lowest BCUT2D eigenvalue weighted by atomic mass is 9.93. The normalized spacial score (nSPS) is 13.4. The molecule has 0 fully saturated rings. The van der Waals surface area contributed by atoms with Crippen molar-refractivity contribution in [3.05, 3.63) is 59.1 Å². The Balaban J connectivity index is 2.23. The Morgan fingerprint density at radius 3 is 2.07 bits per heavy atom. The summed E-state index contributed by atoms with van der Waals surface area (Å²) in [4.78, 5) is 25.0. The smallest absolute Gasteiger partial charge is 0.432 e. The predicted molar refractivity (Wildman–Crippen MR) is 97.3 cm³/mol. The Hall–Kier alpha value is -2.78. The van der Waals surface area contributed by atoms with Crippen LogP contribution in [0, 0.1) is 0 Å². The van der Waals surface area contributed by atoms with Crippen molar-refractivity contribution in [3.8, 4) is 0 Å². The number of amides is 2. The van der Waals surface area contributed by atoms with Crippen molar-refractivity contribution in [2.24, 2.45) is 0 Å². The van der Waals surface area contributed by atoms with Gasteiger partial charge in [-0.2, -0.15) is 13.2 Å². The number of methoxy groups -OCH3 is 1. The zero-order valence-electron chi connectivity index (χ0n) is 14.7. The zero-order valence-corrected chi connectivity index (χ0v) is 15.5. The summed E-state index contributed by atoms with van der Waals surface area (Å²) in [6, 6.07) is 9.88. The molecule has 0 aromatic heterocycles. The molecule has 0 radical (unpaired) electrons. The number of urea groups is 1. The first-order valence-electron chi connectivity index (χ1n) is 7.79. The van der Waals surface area contributed by atoms with Gasteiger partial charge in [-0.3, -0.25) is 4.90 Å². The van der Waals surface area contributed by atoms with Gasteiger partial charge in [-0.25, -0.2) is 9.59 Å². The highest BCUT2D eigenvalue weighted by Crippen LogP contribution is 2.40. The van der Waals surface area contributed by atoms with Crippen LogP contribution in [0.25, 0.3) is 0 Å². The molecule has 0 heterocycles. The van der Waals surface area contributed by atoms with Crippen molar-refractivity contribution in [1.82, 2.24) is 0 Å². The maximum atomic E-state index is 13.3. The van der Waals surface area contributed by atoms with Crippen LogP contribution in [0.15, 0.2) is 48.5 Å². The summed E-state index contributed by atoms with van der Waals surface area (Å²) >= 11 is 5.77. The topological polar surface area (TPSA) is 78.9 Å².